The van der Waals surface area contributed by atoms with E-state index in [1.54, 1.807) is 59.3 Å². The molecule has 2 atom stereocenters. The molecule has 17 nitrogen and oxygen atoms in total. The monoisotopic (exact) mass is 1050 g/mol. The van der Waals surface area contributed by atoms with Crippen LogP contribution in [0.1, 0.15) is 49.4 Å². The highest BCUT2D eigenvalue weighted by molar-refractivity contribution is 7.13. The van der Waals surface area contributed by atoms with Crippen LogP contribution in [0.2, 0.25) is 0 Å². The third-order valence-electron chi connectivity index (χ3n) is 11.9. The maximum atomic E-state index is 11.8. The quantitative estimate of drug-likeness (QED) is 0.0337. The minimum atomic E-state index is -0.698. The van der Waals surface area contributed by atoms with E-state index in [4.69, 9.17) is 30.4 Å². The van der Waals surface area contributed by atoms with E-state index in [0.717, 1.165) is 43.8 Å². The average Bonchev–Trinajstić information content (AvgIpc) is 4.26. The zero-order valence-electron chi connectivity index (χ0n) is 42.1. The fourth-order valence-electron chi connectivity index (χ4n) is 8.20. The summed E-state index contributed by atoms with van der Waals surface area (Å²) in [4.78, 5) is 38.3. The number of primary amides is 2. The Bertz CT molecular complexity index is 3300. The molecule has 0 spiro atoms. The van der Waals surface area contributed by atoms with Gasteiger partial charge in [-0.1, -0.05) is 36.4 Å². The summed E-state index contributed by atoms with van der Waals surface area (Å²) in [6.45, 7) is 9.15. The number of rotatable bonds is 24. The summed E-state index contributed by atoms with van der Waals surface area (Å²) in [7, 11) is 0. The van der Waals surface area contributed by atoms with Gasteiger partial charge >= 0.3 is 0 Å². The first kappa shape index (κ1) is 53.6. The highest BCUT2D eigenvalue weighted by Crippen LogP contribution is 2.35. The number of nitrogens with two attached hydrogens (primary N) is 2. The Morgan fingerprint density at radius 1 is 0.613 bits per heavy atom. The number of aliphatic hydroxyl groups is 2. The summed E-state index contributed by atoms with van der Waals surface area (Å²) in [5, 5.41) is 32.2. The summed E-state index contributed by atoms with van der Waals surface area (Å²) in [6, 6.07) is 34.2. The van der Waals surface area contributed by atoms with Crippen molar-refractivity contribution in [1.82, 2.24) is 34.4 Å². The number of aromatic nitrogens is 5. The zero-order chi connectivity index (χ0) is 53.0. The molecule has 8 N–H and O–H groups in total. The lowest BCUT2D eigenvalue weighted by molar-refractivity contribution is -0.119. The van der Waals surface area contributed by atoms with Gasteiger partial charge in [-0.15, -0.1) is 22.7 Å². The van der Waals surface area contributed by atoms with Gasteiger partial charge in [0, 0.05) is 100 Å². The first-order valence-electron chi connectivity index (χ1n) is 24.2. The molecular formula is C56H61N9O8S2. The highest BCUT2D eigenvalue weighted by atomic mass is 32.1. The maximum absolute atomic E-state index is 11.8. The van der Waals surface area contributed by atoms with Crippen LogP contribution in [0.3, 0.4) is 0 Å². The molecule has 0 aliphatic rings. The van der Waals surface area contributed by atoms with Crippen LogP contribution in [0, 0.1) is 0 Å². The lowest BCUT2D eigenvalue weighted by atomic mass is 9.98. The van der Waals surface area contributed by atoms with Crippen molar-refractivity contribution in [1.29, 1.82) is 0 Å². The van der Waals surface area contributed by atoms with Crippen molar-refractivity contribution < 1.29 is 38.7 Å². The summed E-state index contributed by atoms with van der Waals surface area (Å²) < 4.78 is 27.2. The molecule has 7 heterocycles. The maximum Gasteiger partial charge on any atom is 0.255 e. The smallest absolute Gasteiger partial charge is 0.255 e. The normalized spacial score (nSPS) is 12.5. The van der Waals surface area contributed by atoms with Crippen LogP contribution in [0.4, 0.5) is 0 Å². The molecule has 390 valence electrons. The lowest BCUT2D eigenvalue weighted by Gasteiger charge is -2.28. The number of amides is 2. The van der Waals surface area contributed by atoms with Gasteiger partial charge in [-0.2, -0.15) is 0 Å². The Balaban J connectivity index is 0.000000201. The van der Waals surface area contributed by atoms with Crippen molar-refractivity contribution in [3.05, 3.63) is 168 Å². The number of carbonyl (C=O) groups excluding carboxylic acids is 2. The molecule has 0 fully saturated rings. The number of nitrogens with one attached hydrogen (secondary N) is 2. The van der Waals surface area contributed by atoms with Crippen LogP contribution in [-0.4, -0.2) is 102 Å². The van der Waals surface area contributed by atoms with Crippen molar-refractivity contribution in [2.45, 2.75) is 63.8 Å². The third kappa shape index (κ3) is 14.4. The standard InChI is InChI=1S/C30H31N5O4S.C26H30N4O4S/c1-30(2,34-18-21(36)19-38-24-10-4-3-8-22(24)26-12-7-15-40-26)16-20-17-33-28-25(11-6-14-35(20)28)39-29-23(27(31)37)9-5-13-32-29;1-26(2,13-18-14-28-25-22(34-17-24(27)32)9-5-11-30(18)25)29-15-19(31)16-33-21-8-4-3-7-20(21)23-10-6-12-35-23/h3-15,17,21,34,36H,16,18-19H2,1-2H3,(H2,31,37);3-12,14,19,29,31H,13,15-17H2,1-2H3,(H2,27,32)/t21-;19-/m00/s1. The predicted octanol–water partition coefficient (Wildman–Crippen LogP) is 7.98. The van der Waals surface area contributed by atoms with E-state index >= 15 is 0 Å². The van der Waals surface area contributed by atoms with Crippen LogP contribution in [0.5, 0.6) is 28.9 Å². The number of benzene rings is 2. The third-order valence-corrected chi connectivity index (χ3v) is 13.7. The molecule has 0 radical (unpaired) electrons. The fraction of sp³-hybridized carbons (Fsp3) is 0.268. The van der Waals surface area contributed by atoms with Gasteiger partial charge in [-0.3, -0.25) is 9.59 Å². The van der Waals surface area contributed by atoms with E-state index < -0.39 is 24.0 Å². The Kier molecular flexibility index (Phi) is 17.6. The molecule has 19 heteroatoms. The number of aliphatic hydroxyl groups excluding tert-OH is 2. The molecule has 9 rings (SSSR count). The van der Waals surface area contributed by atoms with Crippen molar-refractivity contribution >= 4 is 45.8 Å². The molecule has 0 aliphatic carbocycles. The molecule has 0 bridgehead atoms. The number of carbonyl (C=O) groups is 2. The van der Waals surface area contributed by atoms with Crippen LogP contribution < -0.4 is 41.0 Å². The summed E-state index contributed by atoms with van der Waals surface area (Å²) in [6.07, 6.45) is 8.83. The Labute approximate surface area is 442 Å². The van der Waals surface area contributed by atoms with Gasteiger partial charge in [-0.25, -0.2) is 15.0 Å². The predicted molar refractivity (Wildman–Crippen MR) is 292 cm³/mol. The Hall–Kier alpha value is -7.65. The van der Waals surface area contributed by atoms with E-state index in [2.05, 4.69) is 65.4 Å². The molecule has 75 heavy (non-hydrogen) atoms. The van der Waals surface area contributed by atoms with Gasteiger partial charge in [0.2, 0.25) is 5.88 Å². The van der Waals surface area contributed by atoms with Crippen molar-refractivity contribution in [2.24, 2.45) is 11.5 Å². The summed E-state index contributed by atoms with van der Waals surface area (Å²) >= 11 is 3.31. The van der Waals surface area contributed by atoms with E-state index in [9.17, 15) is 19.8 Å². The Morgan fingerprint density at radius 2 is 1.11 bits per heavy atom. The largest absolute Gasteiger partial charge is 0.490 e. The topological polar surface area (TPSA) is 235 Å². The molecule has 2 amide bonds. The number of β-amino-alcohol motifs (C(OH)–C–C–N with tert-alkyl or cyclic N) is 2. The lowest BCUT2D eigenvalue weighted by Crippen LogP contribution is -2.46. The van der Waals surface area contributed by atoms with Crippen LogP contribution >= 0.6 is 22.7 Å². The molecule has 7 aromatic heterocycles. The fourth-order valence-corrected chi connectivity index (χ4v) is 9.72. The highest BCUT2D eigenvalue weighted by Gasteiger charge is 2.25. The summed E-state index contributed by atoms with van der Waals surface area (Å²) in [5.74, 6) is 1.43. The molecule has 0 saturated carbocycles. The molecule has 0 saturated heterocycles. The first-order chi connectivity index (χ1) is 36.1. The molecule has 9 aromatic rings. The van der Waals surface area contributed by atoms with Crippen LogP contribution in [-0.2, 0) is 17.6 Å². The minimum absolute atomic E-state index is 0.129. The zero-order valence-corrected chi connectivity index (χ0v) is 43.7. The average molecular weight is 1050 g/mol. The number of para-hydroxylation sites is 2. The van der Waals surface area contributed by atoms with Crippen molar-refractivity contribution in [2.75, 3.05) is 32.9 Å². The number of hydrogen-bond donors (Lipinski definition) is 6. The van der Waals surface area contributed by atoms with Gasteiger partial charge in [0.1, 0.15) is 42.5 Å². The second-order valence-electron chi connectivity index (χ2n) is 19.0. The number of fused-ring (bicyclic) bond motifs is 2. The van der Waals surface area contributed by atoms with Gasteiger partial charge in [-0.05, 0) is 111 Å². The van der Waals surface area contributed by atoms with E-state index in [-0.39, 0.29) is 42.3 Å². The minimum Gasteiger partial charge on any atom is -0.490 e. The van der Waals surface area contributed by atoms with E-state index in [0.29, 0.717) is 48.7 Å². The van der Waals surface area contributed by atoms with Gasteiger partial charge < -0.3 is 60.1 Å². The number of ether oxygens (including phenoxy) is 4. The first-order valence-corrected chi connectivity index (χ1v) is 26.0. The van der Waals surface area contributed by atoms with E-state index in [1.807, 2.05) is 105 Å². The number of nitrogens with zero attached hydrogens (tertiary/aromatic N) is 5. The SMILES string of the molecule is CC(C)(Cc1cnc2c(OCC(N)=O)cccn12)NC[C@H](O)COc1ccccc1-c1cccs1.CC(C)(Cc1cnc2c(Oc3ncccc3C(N)=O)cccn12)NC[C@H](O)COc1ccccc1-c1cccs1. The van der Waals surface area contributed by atoms with Gasteiger partial charge in [0.15, 0.2) is 29.4 Å². The second-order valence-corrected chi connectivity index (χ2v) is 20.9. The van der Waals surface area contributed by atoms with Gasteiger partial charge in [0.05, 0.1) is 0 Å². The molecule has 2 aromatic carbocycles. The Morgan fingerprint density at radius 3 is 1.60 bits per heavy atom. The van der Waals surface area contributed by atoms with Gasteiger partial charge in [0.25, 0.3) is 11.8 Å². The number of hydrogen-bond acceptors (Lipinski definition) is 15. The van der Waals surface area contributed by atoms with Crippen molar-refractivity contribution in [3.63, 3.8) is 0 Å². The number of imidazole rings is 2. The van der Waals surface area contributed by atoms with Crippen LogP contribution in [0.15, 0.2) is 151 Å². The van der Waals surface area contributed by atoms with E-state index in [1.165, 1.54) is 6.20 Å². The second kappa shape index (κ2) is 24.6. The molecule has 0 aliphatic heterocycles. The van der Waals surface area contributed by atoms with Crippen molar-refractivity contribution in [3.8, 4) is 49.8 Å². The number of pyridine rings is 3. The number of thiophene rings is 2. The van der Waals surface area contributed by atoms with Crippen LogP contribution in [0.25, 0.3) is 32.2 Å². The summed E-state index contributed by atoms with van der Waals surface area (Å²) in [5.41, 5.74) is 15.3. The molecular weight excluding hydrogens is 991 g/mol. The molecule has 0 unspecified atom stereocenters.